The third-order valence-corrected chi connectivity index (χ3v) is 4.40. The number of amides is 1. The first-order valence-corrected chi connectivity index (χ1v) is 8.36. The molecule has 2 aromatic heterocycles. The van der Waals surface area contributed by atoms with Gasteiger partial charge in [-0.15, -0.1) is 0 Å². The summed E-state index contributed by atoms with van der Waals surface area (Å²) in [6.07, 6.45) is 5.13. The number of nitrogens with zero attached hydrogens (tertiary/aromatic N) is 2. The average molecular weight is 327 g/mol. The molecule has 1 aliphatic carbocycles. The Morgan fingerprint density at radius 2 is 2.12 bits per heavy atom. The fraction of sp³-hybridized carbons (Fsp3) is 0.526. The summed E-state index contributed by atoms with van der Waals surface area (Å²) < 4.78 is 5.20. The average Bonchev–Trinajstić information content (AvgIpc) is 2.98. The number of fused-ring (bicyclic) bond motifs is 1. The predicted molar refractivity (Wildman–Crippen MR) is 91.7 cm³/mol. The molecule has 0 fully saturated rings. The molecule has 0 saturated heterocycles. The van der Waals surface area contributed by atoms with Crippen molar-refractivity contribution in [2.24, 2.45) is 5.41 Å². The largest absolute Gasteiger partial charge is 0.459 e. The van der Waals surface area contributed by atoms with Gasteiger partial charge in [0, 0.05) is 22.9 Å². The first-order valence-electron chi connectivity index (χ1n) is 8.36. The summed E-state index contributed by atoms with van der Waals surface area (Å²) in [5.41, 5.74) is 2.03. The summed E-state index contributed by atoms with van der Waals surface area (Å²) in [7, 11) is 0. The molecule has 0 radical (unpaired) electrons. The van der Waals surface area contributed by atoms with Gasteiger partial charge in [0.15, 0.2) is 5.76 Å². The number of furan rings is 1. The summed E-state index contributed by atoms with van der Waals surface area (Å²) in [5.74, 6) is 0.968. The van der Waals surface area contributed by atoms with Crippen LogP contribution in [0.5, 0.6) is 0 Å². The lowest BCUT2D eigenvalue weighted by Gasteiger charge is -2.36. The second-order valence-corrected chi connectivity index (χ2v) is 8.39. The van der Waals surface area contributed by atoms with E-state index < -0.39 is 0 Å². The van der Waals surface area contributed by atoms with Gasteiger partial charge >= 0.3 is 0 Å². The van der Waals surface area contributed by atoms with Crippen molar-refractivity contribution >= 4 is 5.91 Å². The lowest BCUT2D eigenvalue weighted by atomic mass is 9.74. The molecule has 128 valence electrons. The lowest BCUT2D eigenvalue weighted by molar-refractivity contribution is 0.0890. The van der Waals surface area contributed by atoms with E-state index in [-0.39, 0.29) is 22.8 Å². The van der Waals surface area contributed by atoms with Crippen LogP contribution < -0.4 is 5.32 Å². The summed E-state index contributed by atoms with van der Waals surface area (Å²) in [6, 6.07) is 3.28. The maximum atomic E-state index is 12.4. The highest BCUT2D eigenvalue weighted by Gasteiger charge is 2.35. The highest BCUT2D eigenvalue weighted by molar-refractivity contribution is 5.91. The zero-order valence-electron chi connectivity index (χ0n) is 15.0. The number of carbonyl (C=O) groups is 1. The van der Waals surface area contributed by atoms with Gasteiger partial charge in [-0.25, -0.2) is 9.97 Å². The molecular formula is C19H25N3O2. The second kappa shape index (κ2) is 5.72. The smallest absolute Gasteiger partial charge is 0.287 e. The molecule has 5 heteroatoms. The maximum absolute atomic E-state index is 12.4. The van der Waals surface area contributed by atoms with Crippen molar-refractivity contribution in [2.45, 2.75) is 58.9 Å². The summed E-state index contributed by atoms with van der Waals surface area (Å²) in [4.78, 5) is 21.7. The van der Waals surface area contributed by atoms with E-state index in [1.54, 1.807) is 12.1 Å². The third kappa shape index (κ3) is 3.35. The van der Waals surface area contributed by atoms with Crippen LogP contribution in [-0.2, 0) is 11.8 Å². The number of carbonyl (C=O) groups excluding carboxylic acids is 1. The van der Waals surface area contributed by atoms with E-state index in [2.05, 4.69) is 44.9 Å². The van der Waals surface area contributed by atoms with E-state index in [4.69, 9.17) is 9.40 Å². The van der Waals surface area contributed by atoms with Gasteiger partial charge < -0.3 is 9.73 Å². The Balaban J connectivity index is 1.93. The van der Waals surface area contributed by atoms with E-state index in [9.17, 15) is 4.79 Å². The molecule has 1 aliphatic rings. The van der Waals surface area contributed by atoms with Crippen LogP contribution >= 0.6 is 0 Å². The minimum atomic E-state index is -0.200. The van der Waals surface area contributed by atoms with E-state index >= 15 is 0 Å². The topological polar surface area (TPSA) is 68.0 Å². The van der Waals surface area contributed by atoms with Crippen LogP contribution in [0.1, 0.15) is 74.7 Å². The monoisotopic (exact) mass is 327 g/mol. The Kier molecular flexibility index (Phi) is 3.98. The number of aromatic nitrogens is 2. The predicted octanol–water partition coefficient (Wildman–Crippen LogP) is 3.81. The molecule has 0 bridgehead atoms. The fourth-order valence-electron chi connectivity index (χ4n) is 3.17. The SMILES string of the molecule is CC1(C)Cc2nc(C(C)(C)C)ncc2C(NC(=O)c2ccco2)C1. The van der Waals surface area contributed by atoms with Gasteiger partial charge in [-0.05, 0) is 30.4 Å². The second-order valence-electron chi connectivity index (χ2n) is 8.39. The molecule has 0 saturated carbocycles. The third-order valence-electron chi connectivity index (χ3n) is 4.40. The lowest BCUT2D eigenvalue weighted by Crippen LogP contribution is -2.37. The van der Waals surface area contributed by atoms with E-state index in [1.807, 2.05) is 6.20 Å². The molecule has 24 heavy (non-hydrogen) atoms. The minimum Gasteiger partial charge on any atom is -0.459 e. The van der Waals surface area contributed by atoms with Crippen LogP contribution in [0, 0.1) is 5.41 Å². The Morgan fingerprint density at radius 3 is 2.75 bits per heavy atom. The molecular weight excluding hydrogens is 302 g/mol. The summed E-state index contributed by atoms with van der Waals surface area (Å²) in [6.45, 7) is 10.7. The van der Waals surface area contributed by atoms with Gasteiger partial charge in [0.2, 0.25) is 0 Å². The van der Waals surface area contributed by atoms with Crippen molar-refractivity contribution in [1.82, 2.24) is 15.3 Å². The number of hydrogen-bond donors (Lipinski definition) is 1. The number of nitrogens with one attached hydrogen (secondary N) is 1. The molecule has 0 aromatic carbocycles. The van der Waals surface area contributed by atoms with Crippen molar-refractivity contribution in [3.63, 3.8) is 0 Å². The standard InChI is InChI=1S/C19H25N3O2/c1-18(2,3)17-20-11-12-13(9-19(4,5)10-14(12)22-17)21-16(23)15-7-6-8-24-15/h6-8,11,13H,9-10H2,1-5H3,(H,21,23). The van der Waals surface area contributed by atoms with Gasteiger partial charge in [-0.2, -0.15) is 0 Å². The Morgan fingerprint density at radius 1 is 1.38 bits per heavy atom. The van der Waals surface area contributed by atoms with E-state index in [0.717, 1.165) is 29.9 Å². The molecule has 1 atom stereocenters. The molecule has 5 nitrogen and oxygen atoms in total. The van der Waals surface area contributed by atoms with Crippen molar-refractivity contribution in [3.8, 4) is 0 Å². The Labute approximate surface area is 142 Å². The van der Waals surface area contributed by atoms with Crippen LogP contribution in [0.25, 0.3) is 0 Å². The molecule has 2 heterocycles. The number of rotatable bonds is 2. The van der Waals surface area contributed by atoms with Crippen molar-refractivity contribution in [2.75, 3.05) is 0 Å². The fourth-order valence-corrected chi connectivity index (χ4v) is 3.17. The van der Waals surface area contributed by atoms with Gasteiger partial charge in [0.25, 0.3) is 5.91 Å². The maximum Gasteiger partial charge on any atom is 0.287 e. The van der Waals surface area contributed by atoms with E-state index in [1.165, 1.54) is 6.26 Å². The van der Waals surface area contributed by atoms with Crippen LogP contribution in [0.3, 0.4) is 0 Å². The highest BCUT2D eigenvalue weighted by atomic mass is 16.3. The molecule has 0 aliphatic heterocycles. The van der Waals surface area contributed by atoms with Crippen molar-refractivity contribution in [1.29, 1.82) is 0 Å². The van der Waals surface area contributed by atoms with Crippen LogP contribution in [-0.4, -0.2) is 15.9 Å². The number of hydrogen-bond acceptors (Lipinski definition) is 4. The minimum absolute atomic E-state index is 0.0671. The molecule has 3 rings (SSSR count). The normalized spacial score (nSPS) is 19.6. The van der Waals surface area contributed by atoms with E-state index in [0.29, 0.717) is 5.76 Å². The highest BCUT2D eigenvalue weighted by Crippen LogP contribution is 2.40. The van der Waals surface area contributed by atoms with Gasteiger partial charge in [-0.3, -0.25) is 4.79 Å². The molecule has 1 unspecified atom stereocenters. The Hall–Kier alpha value is -2.17. The molecule has 2 aromatic rings. The van der Waals surface area contributed by atoms with Gasteiger partial charge in [-0.1, -0.05) is 34.6 Å². The Bertz CT molecular complexity index is 742. The van der Waals surface area contributed by atoms with Crippen molar-refractivity contribution in [3.05, 3.63) is 47.4 Å². The molecule has 1 amide bonds. The van der Waals surface area contributed by atoms with Gasteiger partial charge in [0.1, 0.15) is 5.82 Å². The molecule has 1 N–H and O–H groups in total. The first kappa shape index (κ1) is 16.7. The van der Waals surface area contributed by atoms with Crippen LogP contribution in [0.4, 0.5) is 0 Å². The summed E-state index contributed by atoms with van der Waals surface area (Å²) >= 11 is 0. The quantitative estimate of drug-likeness (QED) is 0.910. The zero-order valence-corrected chi connectivity index (χ0v) is 15.0. The zero-order chi connectivity index (χ0) is 17.5. The van der Waals surface area contributed by atoms with Gasteiger partial charge in [0.05, 0.1) is 12.3 Å². The van der Waals surface area contributed by atoms with Crippen LogP contribution in [0.2, 0.25) is 0 Å². The van der Waals surface area contributed by atoms with Crippen molar-refractivity contribution < 1.29 is 9.21 Å². The first-order chi connectivity index (χ1) is 11.2. The molecule has 0 spiro atoms. The summed E-state index contributed by atoms with van der Waals surface area (Å²) in [5, 5.41) is 3.08. The van der Waals surface area contributed by atoms with Crippen LogP contribution in [0.15, 0.2) is 29.0 Å².